The second-order valence-corrected chi connectivity index (χ2v) is 4.63. The minimum absolute atomic E-state index is 0. The van der Waals surface area contributed by atoms with Gasteiger partial charge in [0, 0.05) is 31.7 Å². The molecule has 6 heteroatoms. The third-order valence-electron chi connectivity index (χ3n) is 3.24. The molecule has 1 fully saturated rings. The molecule has 1 atom stereocenters. The molecule has 0 aromatic heterocycles. The number of hydrogen-bond donors (Lipinski definition) is 1. The Labute approximate surface area is 117 Å². The zero-order chi connectivity index (χ0) is 13.3. The molecule has 0 unspecified atom stereocenters. The topological polar surface area (TPSA) is 32.3 Å². The van der Waals surface area contributed by atoms with Crippen molar-refractivity contribution in [3.8, 4) is 0 Å². The van der Waals surface area contributed by atoms with Crippen molar-refractivity contribution >= 4 is 18.3 Å². The van der Waals surface area contributed by atoms with Crippen molar-refractivity contribution in [3.05, 3.63) is 34.9 Å². The summed E-state index contributed by atoms with van der Waals surface area (Å²) in [5.41, 5.74) is 0.227. The van der Waals surface area contributed by atoms with E-state index in [4.69, 9.17) is 0 Å². The molecule has 1 aliphatic heterocycles. The minimum atomic E-state index is -0.797. The predicted molar refractivity (Wildman–Crippen MR) is 71.7 cm³/mol. The van der Waals surface area contributed by atoms with Gasteiger partial charge in [-0.3, -0.25) is 4.79 Å². The van der Waals surface area contributed by atoms with Gasteiger partial charge in [-0.15, -0.1) is 12.4 Å². The fraction of sp³-hybridized carbons (Fsp3) is 0.462. The van der Waals surface area contributed by atoms with Crippen LogP contribution < -0.4 is 5.32 Å². The number of nitrogens with zero attached hydrogens (tertiary/aromatic N) is 1. The minimum Gasteiger partial charge on any atom is -0.333 e. The quantitative estimate of drug-likeness (QED) is 0.859. The van der Waals surface area contributed by atoms with E-state index < -0.39 is 11.6 Å². The van der Waals surface area contributed by atoms with Crippen molar-refractivity contribution < 1.29 is 13.6 Å². The number of amides is 1. The molecule has 0 radical (unpaired) electrons. The Balaban J connectivity index is 0.00000180. The van der Waals surface area contributed by atoms with E-state index in [1.807, 2.05) is 6.92 Å². The van der Waals surface area contributed by atoms with E-state index in [9.17, 15) is 13.6 Å². The summed E-state index contributed by atoms with van der Waals surface area (Å²) >= 11 is 0. The van der Waals surface area contributed by atoms with E-state index in [2.05, 4.69) is 5.32 Å². The highest BCUT2D eigenvalue weighted by Crippen LogP contribution is 2.17. The lowest BCUT2D eigenvalue weighted by molar-refractivity contribution is 0.0650. The van der Waals surface area contributed by atoms with Crippen LogP contribution >= 0.6 is 12.4 Å². The lowest BCUT2D eigenvalue weighted by Crippen LogP contribution is -2.52. The number of piperazine rings is 1. The molecular weight excluding hydrogens is 274 g/mol. The van der Waals surface area contributed by atoms with Crippen molar-refractivity contribution in [2.24, 2.45) is 0 Å². The van der Waals surface area contributed by atoms with Gasteiger partial charge < -0.3 is 10.2 Å². The second-order valence-electron chi connectivity index (χ2n) is 4.63. The van der Waals surface area contributed by atoms with Gasteiger partial charge in [0.05, 0.1) is 5.56 Å². The molecule has 0 spiro atoms. The number of aryl methyl sites for hydroxylation is 1. The van der Waals surface area contributed by atoms with Crippen LogP contribution in [0.2, 0.25) is 0 Å². The highest BCUT2D eigenvalue weighted by Gasteiger charge is 2.26. The first-order valence-corrected chi connectivity index (χ1v) is 5.98. The largest absolute Gasteiger partial charge is 0.333 e. The van der Waals surface area contributed by atoms with Crippen LogP contribution in [-0.2, 0) is 0 Å². The fourth-order valence-corrected chi connectivity index (χ4v) is 2.12. The molecule has 1 saturated heterocycles. The van der Waals surface area contributed by atoms with Crippen LogP contribution in [0.1, 0.15) is 22.8 Å². The van der Waals surface area contributed by atoms with Crippen molar-refractivity contribution in [1.29, 1.82) is 0 Å². The normalized spacial score (nSPS) is 18.9. The van der Waals surface area contributed by atoms with E-state index in [1.54, 1.807) is 4.90 Å². The van der Waals surface area contributed by atoms with E-state index in [-0.39, 0.29) is 35.5 Å². The SMILES string of the molecule is Cc1cc(C(=O)N2CCNC[C@@H]2C)c(F)cc1F.Cl. The Morgan fingerprint density at radius 3 is 2.68 bits per heavy atom. The van der Waals surface area contributed by atoms with Crippen LogP contribution in [0.25, 0.3) is 0 Å². The van der Waals surface area contributed by atoms with Gasteiger partial charge in [0.25, 0.3) is 5.91 Å². The first-order valence-electron chi connectivity index (χ1n) is 5.98. The number of benzene rings is 1. The summed E-state index contributed by atoms with van der Waals surface area (Å²) < 4.78 is 26.8. The highest BCUT2D eigenvalue weighted by atomic mass is 35.5. The first kappa shape index (κ1) is 15.9. The van der Waals surface area contributed by atoms with Crippen molar-refractivity contribution in [3.63, 3.8) is 0 Å². The average molecular weight is 291 g/mol. The van der Waals surface area contributed by atoms with E-state index in [0.29, 0.717) is 19.6 Å². The monoisotopic (exact) mass is 290 g/mol. The molecule has 1 N–H and O–H groups in total. The number of carbonyl (C=O) groups excluding carboxylic acids is 1. The van der Waals surface area contributed by atoms with Gasteiger partial charge >= 0.3 is 0 Å². The Hall–Kier alpha value is -1.20. The first-order chi connectivity index (χ1) is 8.50. The Bertz CT molecular complexity index is 482. The summed E-state index contributed by atoms with van der Waals surface area (Å²) in [5, 5.41) is 3.16. The summed E-state index contributed by atoms with van der Waals surface area (Å²) in [4.78, 5) is 13.8. The van der Waals surface area contributed by atoms with Gasteiger partial charge in [0.15, 0.2) is 0 Å². The van der Waals surface area contributed by atoms with Gasteiger partial charge in [0.2, 0.25) is 0 Å². The van der Waals surface area contributed by atoms with Crippen LogP contribution in [0.5, 0.6) is 0 Å². The molecule has 0 aliphatic carbocycles. The predicted octanol–water partition coefficient (Wildman–Crippen LogP) is 2.13. The summed E-state index contributed by atoms with van der Waals surface area (Å²) in [6.45, 7) is 5.34. The lowest BCUT2D eigenvalue weighted by atomic mass is 10.1. The summed E-state index contributed by atoms with van der Waals surface area (Å²) in [5.74, 6) is -1.80. The summed E-state index contributed by atoms with van der Waals surface area (Å²) in [6.07, 6.45) is 0. The standard InChI is InChI=1S/C13H16F2N2O.ClH/c1-8-5-10(12(15)6-11(8)14)13(18)17-4-3-16-7-9(17)2;/h5-6,9,16H,3-4,7H2,1-2H3;1H/t9-;/m0./s1. The molecular formula is C13H17ClF2N2O. The number of halogens is 3. The zero-order valence-corrected chi connectivity index (χ0v) is 11.7. The van der Waals surface area contributed by atoms with E-state index in [1.165, 1.54) is 13.0 Å². The van der Waals surface area contributed by atoms with Crippen LogP contribution in [0.4, 0.5) is 8.78 Å². The lowest BCUT2D eigenvalue weighted by Gasteiger charge is -2.34. The van der Waals surface area contributed by atoms with Crippen LogP contribution in [0.3, 0.4) is 0 Å². The Morgan fingerprint density at radius 2 is 2.05 bits per heavy atom. The van der Waals surface area contributed by atoms with E-state index in [0.717, 1.165) is 6.07 Å². The maximum absolute atomic E-state index is 13.7. The second kappa shape index (κ2) is 6.30. The van der Waals surface area contributed by atoms with Gasteiger partial charge in [-0.25, -0.2) is 8.78 Å². The number of hydrogen-bond acceptors (Lipinski definition) is 2. The highest BCUT2D eigenvalue weighted by molar-refractivity contribution is 5.95. The third-order valence-corrected chi connectivity index (χ3v) is 3.24. The summed E-state index contributed by atoms with van der Waals surface area (Å²) in [6, 6.07) is 2.06. The molecule has 106 valence electrons. The molecule has 1 aromatic carbocycles. The Morgan fingerprint density at radius 1 is 1.37 bits per heavy atom. The van der Waals surface area contributed by atoms with E-state index >= 15 is 0 Å². The van der Waals surface area contributed by atoms with Crippen LogP contribution in [0, 0.1) is 18.6 Å². The van der Waals surface area contributed by atoms with Gasteiger partial charge in [-0.2, -0.15) is 0 Å². The van der Waals surface area contributed by atoms with Crippen molar-refractivity contribution in [2.45, 2.75) is 19.9 Å². The summed E-state index contributed by atoms with van der Waals surface area (Å²) in [7, 11) is 0. The smallest absolute Gasteiger partial charge is 0.257 e. The maximum Gasteiger partial charge on any atom is 0.257 e. The van der Waals surface area contributed by atoms with Crippen molar-refractivity contribution in [1.82, 2.24) is 10.2 Å². The van der Waals surface area contributed by atoms with Gasteiger partial charge in [-0.05, 0) is 25.5 Å². The zero-order valence-electron chi connectivity index (χ0n) is 10.9. The average Bonchev–Trinajstić information content (AvgIpc) is 2.33. The maximum atomic E-state index is 13.7. The third kappa shape index (κ3) is 3.22. The molecule has 19 heavy (non-hydrogen) atoms. The molecule has 3 nitrogen and oxygen atoms in total. The van der Waals surface area contributed by atoms with Crippen LogP contribution in [-0.4, -0.2) is 36.5 Å². The molecule has 1 aromatic rings. The Kier molecular flexibility index (Phi) is 5.26. The van der Waals surface area contributed by atoms with Gasteiger partial charge in [0.1, 0.15) is 11.6 Å². The van der Waals surface area contributed by atoms with Gasteiger partial charge in [-0.1, -0.05) is 0 Å². The molecule has 0 saturated carbocycles. The van der Waals surface area contributed by atoms with Crippen molar-refractivity contribution in [2.75, 3.05) is 19.6 Å². The van der Waals surface area contributed by atoms with Crippen LogP contribution in [0.15, 0.2) is 12.1 Å². The molecule has 0 bridgehead atoms. The molecule has 2 rings (SSSR count). The number of rotatable bonds is 1. The fourth-order valence-electron chi connectivity index (χ4n) is 2.12. The molecule has 1 amide bonds. The number of nitrogens with one attached hydrogen (secondary N) is 1. The molecule has 1 aliphatic rings. The molecule has 1 heterocycles. The number of carbonyl (C=O) groups is 1.